The summed E-state index contributed by atoms with van der Waals surface area (Å²) in [5, 5.41) is 3.67. The zero-order valence-electron chi connectivity index (χ0n) is 9.87. The molecule has 84 valence electrons. The summed E-state index contributed by atoms with van der Waals surface area (Å²) in [6, 6.07) is 5.10. The lowest BCUT2D eigenvalue weighted by Crippen LogP contribution is -2.26. The van der Waals surface area contributed by atoms with Crippen molar-refractivity contribution in [2.75, 3.05) is 0 Å². The van der Waals surface area contributed by atoms with E-state index in [9.17, 15) is 0 Å². The molecule has 0 amide bonds. The van der Waals surface area contributed by atoms with E-state index in [1.807, 2.05) is 0 Å². The fourth-order valence-corrected chi connectivity index (χ4v) is 2.56. The lowest BCUT2D eigenvalue weighted by atomic mass is 10.1. The van der Waals surface area contributed by atoms with Gasteiger partial charge in [-0.15, -0.1) is 0 Å². The molecule has 2 atom stereocenters. The topological polar surface area (TPSA) is 17.0 Å². The number of aromatic nitrogens is 1. The first-order chi connectivity index (χ1) is 7.29. The first-order valence-electron chi connectivity index (χ1n) is 6.17. The van der Waals surface area contributed by atoms with Gasteiger partial charge in [0.15, 0.2) is 0 Å². The third-order valence-electron chi connectivity index (χ3n) is 3.53. The molecule has 2 nitrogen and oxygen atoms in total. The second kappa shape index (κ2) is 4.84. The van der Waals surface area contributed by atoms with E-state index in [1.54, 1.807) is 0 Å². The Kier molecular flexibility index (Phi) is 3.47. The highest BCUT2D eigenvalue weighted by Gasteiger charge is 2.20. The maximum Gasteiger partial charge on any atom is 0.0361 e. The minimum atomic E-state index is 0.750. The molecule has 1 fully saturated rings. The minimum absolute atomic E-state index is 0.750. The largest absolute Gasteiger partial charge is 0.351 e. The van der Waals surface area contributed by atoms with E-state index in [0.29, 0.717) is 0 Å². The molecule has 0 bridgehead atoms. The van der Waals surface area contributed by atoms with Crippen LogP contribution >= 0.6 is 0 Å². The summed E-state index contributed by atoms with van der Waals surface area (Å²) in [5.74, 6) is 0.917. The Balaban J connectivity index is 1.83. The van der Waals surface area contributed by atoms with Crippen molar-refractivity contribution in [1.29, 1.82) is 0 Å². The first-order valence-corrected chi connectivity index (χ1v) is 6.17. The maximum atomic E-state index is 3.67. The quantitative estimate of drug-likeness (QED) is 0.801. The molecule has 1 aliphatic carbocycles. The van der Waals surface area contributed by atoms with Crippen LogP contribution in [0.25, 0.3) is 0 Å². The Hall–Kier alpha value is -0.760. The van der Waals surface area contributed by atoms with Crippen LogP contribution in [-0.2, 0) is 13.1 Å². The first kappa shape index (κ1) is 10.7. The molecule has 0 aliphatic heterocycles. The molecular formula is C13H22N2. The Morgan fingerprint density at radius 2 is 2.33 bits per heavy atom. The maximum absolute atomic E-state index is 3.67. The SMILES string of the molecule is CCn1cccc1CNC1CCC(C)C1. The molecule has 2 rings (SSSR count). The average Bonchev–Trinajstić information content (AvgIpc) is 2.83. The fourth-order valence-electron chi connectivity index (χ4n) is 2.56. The summed E-state index contributed by atoms with van der Waals surface area (Å²) in [7, 11) is 0. The molecule has 2 unspecified atom stereocenters. The second-order valence-corrected chi connectivity index (χ2v) is 4.78. The van der Waals surface area contributed by atoms with E-state index >= 15 is 0 Å². The monoisotopic (exact) mass is 206 g/mol. The van der Waals surface area contributed by atoms with Gasteiger partial charge in [-0.3, -0.25) is 0 Å². The van der Waals surface area contributed by atoms with Crippen molar-refractivity contribution in [2.45, 2.75) is 52.2 Å². The van der Waals surface area contributed by atoms with Gasteiger partial charge in [-0.2, -0.15) is 0 Å². The molecular weight excluding hydrogens is 184 g/mol. The highest BCUT2D eigenvalue weighted by molar-refractivity contribution is 5.07. The smallest absolute Gasteiger partial charge is 0.0361 e. The standard InChI is InChI=1S/C13H22N2/c1-3-15-8-4-5-13(15)10-14-12-7-6-11(2)9-12/h4-5,8,11-12,14H,3,6-7,9-10H2,1-2H3. The van der Waals surface area contributed by atoms with Crippen molar-refractivity contribution < 1.29 is 0 Å². The highest BCUT2D eigenvalue weighted by Crippen LogP contribution is 2.24. The highest BCUT2D eigenvalue weighted by atomic mass is 15.0. The normalized spacial score (nSPS) is 26.0. The van der Waals surface area contributed by atoms with Crippen molar-refractivity contribution in [3.63, 3.8) is 0 Å². The molecule has 0 spiro atoms. The zero-order chi connectivity index (χ0) is 10.7. The van der Waals surface area contributed by atoms with Crippen LogP contribution in [-0.4, -0.2) is 10.6 Å². The number of aryl methyl sites for hydroxylation is 1. The Bertz CT molecular complexity index is 303. The van der Waals surface area contributed by atoms with Crippen LogP contribution in [0.15, 0.2) is 18.3 Å². The summed E-state index contributed by atoms with van der Waals surface area (Å²) in [6.45, 7) is 6.65. The summed E-state index contributed by atoms with van der Waals surface area (Å²) in [4.78, 5) is 0. The van der Waals surface area contributed by atoms with E-state index < -0.39 is 0 Å². The van der Waals surface area contributed by atoms with Crippen molar-refractivity contribution in [1.82, 2.24) is 9.88 Å². The minimum Gasteiger partial charge on any atom is -0.351 e. The van der Waals surface area contributed by atoms with Crippen LogP contribution in [0.5, 0.6) is 0 Å². The van der Waals surface area contributed by atoms with Crippen LogP contribution in [0.2, 0.25) is 0 Å². The van der Waals surface area contributed by atoms with E-state index in [-0.39, 0.29) is 0 Å². The molecule has 1 heterocycles. The van der Waals surface area contributed by atoms with Crippen LogP contribution in [0.1, 0.15) is 38.8 Å². The predicted octanol–water partition coefficient (Wildman–Crippen LogP) is 2.79. The lowest BCUT2D eigenvalue weighted by molar-refractivity contribution is 0.490. The Morgan fingerprint density at radius 3 is 3.00 bits per heavy atom. The van der Waals surface area contributed by atoms with E-state index in [2.05, 4.69) is 42.1 Å². The summed E-state index contributed by atoms with van der Waals surface area (Å²) in [5.41, 5.74) is 1.41. The average molecular weight is 206 g/mol. The van der Waals surface area contributed by atoms with Gasteiger partial charge in [0.05, 0.1) is 0 Å². The number of hydrogen-bond acceptors (Lipinski definition) is 1. The van der Waals surface area contributed by atoms with Gasteiger partial charge in [-0.25, -0.2) is 0 Å². The Morgan fingerprint density at radius 1 is 1.47 bits per heavy atom. The molecule has 0 saturated heterocycles. The van der Waals surface area contributed by atoms with Crippen molar-refractivity contribution in [2.24, 2.45) is 5.92 Å². The van der Waals surface area contributed by atoms with Gasteiger partial charge < -0.3 is 9.88 Å². The summed E-state index contributed by atoms with van der Waals surface area (Å²) < 4.78 is 2.31. The van der Waals surface area contributed by atoms with Gasteiger partial charge in [0.25, 0.3) is 0 Å². The van der Waals surface area contributed by atoms with Gasteiger partial charge in [0.2, 0.25) is 0 Å². The summed E-state index contributed by atoms with van der Waals surface area (Å²) in [6.07, 6.45) is 6.27. The van der Waals surface area contributed by atoms with Crippen LogP contribution in [0.3, 0.4) is 0 Å². The molecule has 1 aliphatic rings. The fraction of sp³-hybridized carbons (Fsp3) is 0.692. The molecule has 15 heavy (non-hydrogen) atoms. The van der Waals surface area contributed by atoms with Crippen LogP contribution < -0.4 is 5.32 Å². The van der Waals surface area contributed by atoms with Crippen molar-refractivity contribution in [3.8, 4) is 0 Å². The molecule has 1 N–H and O–H groups in total. The third-order valence-corrected chi connectivity index (χ3v) is 3.53. The lowest BCUT2D eigenvalue weighted by Gasteiger charge is -2.13. The predicted molar refractivity (Wildman–Crippen MR) is 63.7 cm³/mol. The number of nitrogens with one attached hydrogen (secondary N) is 1. The molecule has 1 saturated carbocycles. The third kappa shape index (κ3) is 2.63. The van der Waals surface area contributed by atoms with Crippen molar-refractivity contribution >= 4 is 0 Å². The molecule has 2 heteroatoms. The number of nitrogens with zero attached hydrogens (tertiary/aromatic N) is 1. The molecule has 1 aromatic rings. The molecule has 0 radical (unpaired) electrons. The van der Waals surface area contributed by atoms with E-state index in [4.69, 9.17) is 0 Å². The van der Waals surface area contributed by atoms with Crippen LogP contribution in [0.4, 0.5) is 0 Å². The van der Waals surface area contributed by atoms with Gasteiger partial charge in [0, 0.05) is 31.0 Å². The second-order valence-electron chi connectivity index (χ2n) is 4.78. The van der Waals surface area contributed by atoms with E-state index in [1.165, 1.54) is 25.0 Å². The number of hydrogen-bond donors (Lipinski definition) is 1. The van der Waals surface area contributed by atoms with E-state index in [0.717, 1.165) is 25.0 Å². The van der Waals surface area contributed by atoms with Crippen molar-refractivity contribution in [3.05, 3.63) is 24.0 Å². The zero-order valence-corrected chi connectivity index (χ0v) is 9.87. The van der Waals surface area contributed by atoms with Gasteiger partial charge >= 0.3 is 0 Å². The van der Waals surface area contributed by atoms with Crippen LogP contribution in [0, 0.1) is 5.92 Å². The summed E-state index contributed by atoms with van der Waals surface area (Å²) >= 11 is 0. The van der Waals surface area contributed by atoms with Gasteiger partial charge in [-0.05, 0) is 44.2 Å². The van der Waals surface area contributed by atoms with Gasteiger partial charge in [-0.1, -0.05) is 6.92 Å². The number of rotatable bonds is 4. The molecule has 0 aromatic carbocycles. The van der Waals surface area contributed by atoms with Gasteiger partial charge in [0.1, 0.15) is 0 Å². The Labute approximate surface area is 92.7 Å². The molecule has 1 aromatic heterocycles.